The number of aromatic nitrogens is 3. The summed E-state index contributed by atoms with van der Waals surface area (Å²) < 4.78 is 33.8. The van der Waals surface area contributed by atoms with Crippen molar-refractivity contribution in [2.75, 3.05) is 12.8 Å². The van der Waals surface area contributed by atoms with E-state index in [1.54, 1.807) is 30.5 Å². The first-order valence-corrected chi connectivity index (χ1v) is 11.9. The van der Waals surface area contributed by atoms with E-state index >= 15 is 0 Å². The van der Waals surface area contributed by atoms with Crippen molar-refractivity contribution in [3.63, 3.8) is 0 Å². The SMILES string of the molecule is COc1ccc(S(=O)(=O)c2c(N)n(N=Cc3ccc(C)cc3)c3nc4ccccc4nc23)cc1. The number of nitrogens with two attached hydrogens (primary N) is 1. The van der Waals surface area contributed by atoms with Crippen LogP contribution in [0.15, 0.2) is 87.7 Å². The molecule has 0 radical (unpaired) electrons. The van der Waals surface area contributed by atoms with Crippen molar-refractivity contribution < 1.29 is 13.2 Å². The Hall–Kier alpha value is -4.24. The molecule has 0 unspecified atom stereocenters. The highest BCUT2D eigenvalue weighted by Gasteiger charge is 2.30. The van der Waals surface area contributed by atoms with Crippen molar-refractivity contribution in [3.8, 4) is 5.75 Å². The number of benzene rings is 3. The molecule has 0 atom stereocenters. The zero-order chi connectivity index (χ0) is 23.9. The number of fused-ring (bicyclic) bond motifs is 2. The van der Waals surface area contributed by atoms with Gasteiger partial charge in [0.15, 0.2) is 5.65 Å². The predicted octanol–water partition coefficient (Wildman–Crippen LogP) is 4.20. The Morgan fingerprint density at radius 2 is 1.59 bits per heavy atom. The Kier molecular flexibility index (Phi) is 5.25. The number of anilines is 1. The fourth-order valence-corrected chi connectivity index (χ4v) is 5.14. The molecule has 0 amide bonds. The average Bonchev–Trinajstić information content (AvgIpc) is 3.12. The van der Waals surface area contributed by atoms with Crippen molar-refractivity contribution in [3.05, 3.63) is 83.9 Å². The molecular formula is C25H21N5O3S. The molecule has 3 aromatic carbocycles. The van der Waals surface area contributed by atoms with Crippen molar-refractivity contribution in [2.45, 2.75) is 16.7 Å². The van der Waals surface area contributed by atoms with Gasteiger partial charge in [-0.3, -0.25) is 0 Å². The van der Waals surface area contributed by atoms with E-state index in [1.807, 2.05) is 43.3 Å². The fourth-order valence-electron chi connectivity index (χ4n) is 3.65. The normalized spacial score (nSPS) is 12.1. The minimum Gasteiger partial charge on any atom is -0.497 e. The van der Waals surface area contributed by atoms with Gasteiger partial charge in [0.2, 0.25) is 9.84 Å². The maximum atomic E-state index is 13.7. The summed E-state index contributed by atoms with van der Waals surface area (Å²) in [7, 11) is -2.52. The molecule has 170 valence electrons. The van der Waals surface area contributed by atoms with Crippen LogP contribution >= 0.6 is 0 Å². The maximum Gasteiger partial charge on any atom is 0.212 e. The number of nitrogens with zero attached hydrogens (tertiary/aromatic N) is 4. The van der Waals surface area contributed by atoms with Crippen molar-refractivity contribution in [2.24, 2.45) is 5.10 Å². The summed E-state index contributed by atoms with van der Waals surface area (Å²) in [6.45, 7) is 2.00. The van der Waals surface area contributed by atoms with Crippen LogP contribution in [-0.2, 0) is 9.84 Å². The van der Waals surface area contributed by atoms with Crippen LogP contribution in [-0.4, -0.2) is 36.4 Å². The van der Waals surface area contributed by atoms with Gasteiger partial charge in [-0.05, 0) is 48.9 Å². The van der Waals surface area contributed by atoms with Crippen molar-refractivity contribution in [1.29, 1.82) is 0 Å². The predicted molar refractivity (Wildman–Crippen MR) is 132 cm³/mol. The summed E-state index contributed by atoms with van der Waals surface area (Å²) in [5.41, 5.74) is 9.94. The monoisotopic (exact) mass is 471 g/mol. The molecule has 0 fully saturated rings. The molecule has 5 aromatic rings. The first-order valence-electron chi connectivity index (χ1n) is 10.5. The standard InChI is InChI=1S/C25H21N5O3S/c1-16-7-9-17(10-8-16)15-27-30-24(26)23(34(31,32)19-13-11-18(33-2)12-14-19)22-25(30)29-21-6-4-3-5-20(21)28-22/h3-15H,26H2,1-2H3. The largest absolute Gasteiger partial charge is 0.497 e. The molecular weight excluding hydrogens is 450 g/mol. The second kappa shape index (κ2) is 8.27. The van der Waals surface area contributed by atoms with E-state index < -0.39 is 9.84 Å². The van der Waals surface area contributed by atoms with Gasteiger partial charge in [0.1, 0.15) is 22.0 Å². The third-order valence-electron chi connectivity index (χ3n) is 5.47. The summed E-state index contributed by atoms with van der Waals surface area (Å²) >= 11 is 0. The van der Waals surface area contributed by atoms with Gasteiger partial charge in [0.25, 0.3) is 0 Å². The highest BCUT2D eigenvalue weighted by atomic mass is 32.2. The zero-order valence-electron chi connectivity index (χ0n) is 18.5. The minimum atomic E-state index is -4.04. The van der Waals surface area contributed by atoms with E-state index in [9.17, 15) is 8.42 Å². The molecule has 5 rings (SSSR count). The number of aryl methyl sites for hydroxylation is 1. The Labute approximate surface area is 196 Å². The van der Waals surface area contributed by atoms with Gasteiger partial charge in [0.05, 0.1) is 29.3 Å². The maximum absolute atomic E-state index is 13.7. The molecule has 0 bridgehead atoms. The quantitative estimate of drug-likeness (QED) is 0.385. The number of methoxy groups -OCH3 is 1. The second-order valence-corrected chi connectivity index (χ2v) is 9.63. The number of hydrogen-bond acceptors (Lipinski definition) is 7. The van der Waals surface area contributed by atoms with Crippen LogP contribution in [0.25, 0.3) is 22.2 Å². The van der Waals surface area contributed by atoms with E-state index in [1.165, 1.54) is 23.9 Å². The molecule has 2 N–H and O–H groups in total. The lowest BCUT2D eigenvalue weighted by atomic mass is 10.2. The third kappa shape index (κ3) is 3.65. The van der Waals surface area contributed by atoms with Gasteiger partial charge in [-0.1, -0.05) is 42.0 Å². The highest BCUT2D eigenvalue weighted by molar-refractivity contribution is 7.92. The molecule has 0 aliphatic rings. The zero-order valence-corrected chi connectivity index (χ0v) is 19.3. The molecule has 2 heterocycles. The molecule has 0 aliphatic carbocycles. The van der Waals surface area contributed by atoms with Gasteiger partial charge in [-0.15, -0.1) is 0 Å². The van der Waals surface area contributed by atoms with Gasteiger partial charge in [-0.2, -0.15) is 9.78 Å². The Bertz CT molecular complexity index is 1660. The lowest BCUT2D eigenvalue weighted by Crippen LogP contribution is -2.06. The minimum absolute atomic E-state index is 0.0653. The molecule has 0 saturated carbocycles. The van der Waals surface area contributed by atoms with Crippen LogP contribution in [0, 0.1) is 6.92 Å². The summed E-state index contributed by atoms with van der Waals surface area (Å²) in [5.74, 6) is 0.479. The molecule has 0 saturated heterocycles. The van der Waals surface area contributed by atoms with Crippen LogP contribution in [0.5, 0.6) is 5.75 Å². The van der Waals surface area contributed by atoms with Crippen molar-refractivity contribution in [1.82, 2.24) is 14.6 Å². The summed E-state index contributed by atoms with van der Waals surface area (Å²) in [5, 5.41) is 4.48. The summed E-state index contributed by atoms with van der Waals surface area (Å²) in [6, 6.07) is 21.1. The first-order chi connectivity index (χ1) is 16.4. The average molecular weight is 472 g/mol. The number of para-hydroxylation sites is 2. The molecule has 8 nitrogen and oxygen atoms in total. The number of nitrogen functional groups attached to an aromatic ring is 1. The third-order valence-corrected chi connectivity index (χ3v) is 7.30. The fraction of sp³-hybridized carbons (Fsp3) is 0.0800. The van der Waals surface area contributed by atoms with E-state index in [-0.39, 0.29) is 26.8 Å². The van der Waals surface area contributed by atoms with E-state index in [2.05, 4.69) is 15.1 Å². The first kappa shape index (κ1) is 21.6. The summed E-state index contributed by atoms with van der Waals surface area (Å²) in [4.78, 5) is 9.19. The molecule has 2 aromatic heterocycles. The van der Waals surface area contributed by atoms with E-state index in [0.717, 1.165) is 11.1 Å². The Morgan fingerprint density at radius 3 is 2.24 bits per heavy atom. The number of ether oxygens (including phenoxy) is 1. The van der Waals surface area contributed by atoms with E-state index in [0.29, 0.717) is 16.8 Å². The van der Waals surface area contributed by atoms with Crippen LogP contribution in [0.4, 0.5) is 5.82 Å². The molecule has 0 aliphatic heterocycles. The molecule has 0 spiro atoms. The van der Waals surface area contributed by atoms with Crippen LogP contribution in [0.3, 0.4) is 0 Å². The topological polar surface area (TPSA) is 112 Å². The molecule has 34 heavy (non-hydrogen) atoms. The van der Waals surface area contributed by atoms with Crippen LogP contribution < -0.4 is 10.5 Å². The van der Waals surface area contributed by atoms with Gasteiger partial charge in [0, 0.05) is 0 Å². The van der Waals surface area contributed by atoms with Gasteiger partial charge < -0.3 is 10.5 Å². The highest BCUT2D eigenvalue weighted by Crippen LogP contribution is 2.35. The molecule has 9 heteroatoms. The second-order valence-electron chi connectivity index (χ2n) is 7.74. The lowest BCUT2D eigenvalue weighted by Gasteiger charge is -2.06. The smallest absolute Gasteiger partial charge is 0.212 e. The van der Waals surface area contributed by atoms with Crippen LogP contribution in [0.1, 0.15) is 11.1 Å². The van der Waals surface area contributed by atoms with Gasteiger partial charge >= 0.3 is 0 Å². The number of rotatable bonds is 5. The number of sulfone groups is 1. The van der Waals surface area contributed by atoms with Crippen LogP contribution in [0.2, 0.25) is 0 Å². The van der Waals surface area contributed by atoms with E-state index in [4.69, 9.17) is 10.5 Å². The lowest BCUT2D eigenvalue weighted by molar-refractivity contribution is 0.414. The van der Waals surface area contributed by atoms with Crippen molar-refractivity contribution >= 4 is 44.1 Å². The number of hydrogen-bond donors (Lipinski definition) is 1. The van der Waals surface area contributed by atoms with Gasteiger partial charge in [-0.25, -0.2) is 18.4 Å². The Morgan fingerprint density at radius 1 is 0.941 bits per heavy atom. The Balaban J connectivity index is 1.76. The summed E-state index contributed by atoms with van der Waals surface area (Å²) in [6.07, 6.45) is 1.61.